The van der Waals surface area contributed by atoms with Crippen LogP contribution in [0.2, 0.25) is 8.67 Å². The first kappa shape index (κ1) is 16.6. The van der Waals surface area contributed by atoms with E-state index in [1.807, 2.05) is 24.3 Å². The number of para-hydroxylation sites is 1. The van der Waals surface area contributed by atoms with Crippen molar-refractivity contribution in [1.82, 2.24) is 5.32 Å². The van der Waals surface area contributed by atoms with Gasteiger partial charge in [-0.25, -0.2) is 0 Å². The Hall–Kier alpha value is -0.740. The topological polar surface area (TPSA) is 21.3 Å². The van der Waals surface area contributed by atoms with Crippen LogP contribution in [0.15, 0.2) is 30.3 Å². The van der Waals surface area contributed by atoms with Crippen molar-refractivity contribution >= 4 is 34.5 Å². The average molecular weight is 344 g/mol. The van der Waals surface area contributed by atoms with Crippen LogP contribution in [-0.2, 0) is 6.42 Å². The number of halogens is 2. The summed E-state index contributed by atoms with van der Waals surface area (Å²) >= 11 is 13.6. The molecule has 1 heterocycles. The Morgan fingerprint density at radius 3 is 2.57 bits per heavy atom. The molecule has 0 aliphatic rings. The van der Waals surface area contributed by atoms with Crippen LogP contribution in [0, 0.1) is 0 Å². The van der Waals surface area contributed by atoms with E-state index in [4.69, 9.17) is 27.9 Å². The van der Waals surface area contributed by atoms with Crippen molar-refractivity contribution in [3.8, 4) is 5.75 Å². The highest BCUT2D eigenvalue weighted by molar-refractivity contribution is 7.20. The van der Waals surface area contributed by atoms with Crippen LogP contribution in [-0.4, -0.2) is 13.2 Å². The van der Waals surface area contributed by atoms with Gasteiger partial charge in [0.05, 0.1) is 15.8 Å². The van der Waals surface area contributed by atoms with E-state index in [0.717, 1.165) is 26.4 Å². The number of thiophene rings is 1. The third-order valence-corrected chi connectivity index (χ3v) is 4.92. The summed E-state index contributed by atoms with van der Waals surface area (Å²) < 4.78 is 6.87. The van der Waals surface area contributed by atoms with Crippen molar-refractivity contribution in [3.05, 3.63) is 50.1 Å². The number of benzene rings is 1. The van der Waals surface area contributed by atoms with Gasteiger partial charge in [-0.1, -0.05) is 41.4 Å². The molecule has 2 rings (SSSR count). The molecule has 2 atom stereocenters. The van der Waals surface area contributed by atoms with Gasteiger partial charge in [0.2, 0.25) is 0 Å². The molecule has 0 aliphatic carbocycles. The number of hydrogen-bond acceptors (Lipinski definition) is 3. The standard InChI is InChI=1S/C16H19Cl2NOS/c1-10(8-12-6-4-5-7-14(12)20-3)19-11(2)13-9-15(17)21-16(13)18/h4-7,9-11,19H,8H2,1-3H3. The maximum Gasteiger partial charge on any atom is 0.122 e. The molecule has 0 spiro atoms. The number of hydrogen-bond donors (Lipinski definition) is 1. The highest BCUT2D eigenvalue weighted by Crippen LogP contribution is 2.35. The van der Waals surface area contributed by atoms with E-state index in [1.54, 1.807) is 7.11 Å². The Balaban J connectivity index is 2.01. The van der Waals surface area contributed by atoms with E-state index in [2.05, 4.69) is 25.2 Å². The zero-order valence-corrected chi connectivity index (χ0v) is 14.6. The summed E-state index contributed by atoms with van der Waals surface area (Å²) in [6, 6.07) is 10.5. The van der Waals surface area contributed by atoms with Gasteiger partial charge < -0.3 is 10.1 Å². The molecule has 1 aromatic carbocycles. The van der Waals surface area contributed by atoms with E-state index in [0.29, 0.717) is 6.04 Å². The largest absolute Gasteiger partial charge is 0.496 e. The fourth-order valence-corrected chi connectivity index (χ4v) is 4.07. The van der Waals surface area contributed by atoms with Gasteiger partial charge >= 0.3 is 0 Å². The predicted octanol–water partition coefficient (Wildman–Crippen LogP) is 5.35. The minimum absolute atomic E-state index is 0.158. The second kappa shape index (κ2) is 7.50. The molecule has 2 nitrogen and oxygen atoms in total. The molecule has 2 aromatic rings. The molecule has 0 bridgehead atoms. The van der Waals surface area contributed by atoms with Gasteiger partial charge in [-0.15, -0.1) is 11.3 Å². The SMILES string of the molecule is COc1ccccc1CC(C)NC(C)c1cc(Cl)sc1Cl. The molecule has 5 heteroatoms. The van der Waals surface area contributed by atoms with Crippen molar-refractivity contribution in [2.24, 2.45) is 0 Å². The highest BCUT2D eigenvalue weighted by atomic mass is 35.5. The van der Waals surface area contributed by atoms with Gasteiger partial charge in [0.15, 0.2) is 0 Å². The second-order valence-corrected chi connectivity index (χ2v) is 7.37. The summed E-state index contributed by atoms with van der Waals surface area (Å²) in [5, 5.41) is 3.56. The van der Waals surface area contributed by atoms with Crippen LogP contribution < -0.4 is 10.1 Å². The zero-order valence-electron chi connectivity index (χ0n) is 12.3. The fraction of sp³-hybridized carbons (Fsp3) is 0.375. The lowest BCUT2D eigenvalue weighted by molar-refractivity contribution is 0.403. The van der Waals surface area contributed by atoms with Crippen molar-refractivity contribution in [2.45, 2.75) is 32.4 Å². The van der Waals surface area contributed by atoms with E-state index >= 15 is 0 Å². The molecule has 0 saturated carbocycles. The summed E-state index contributed by atoms with van der Waals surface area (Å²) in [5.74, 6) is 0.926. The van der Waals surface area contributed by atoms with E-state index < -0.39 is 0 Å². The normalized spacial score (nSPS) is 14.0. The van der Waals surface area contributed by atoms with Crippen LogP contribution in [0.25, 0.3) is 0 Å². The van der Waals surface area contributed by atoms with E-state index in [-0.39, 0.29) is 6.04 Å². The minimum Gasteiger partial charge on any atom is -0.496 e. The number of methoxy groups -OCH3 is 1. The van der Waals surface area contributed by atoms with Gasteiger partial charge in [0.25, 0.3) is 0 Å². The molecule has 114 valence electrons. The van der Waals surface area contributed by atoms with Gasteiger partial charge in [-0.05, 0) is 43.5 Å². The molecule has 0 fully saturated rings. The molecular weight excluding hydrogens is 325 g/mol. The van der Waals surface area contributed by atoms with Crippen molar-refractivity contribution < 1.29 is 4.74 Å². The first-order valence-electron chi connectivity index (χ1n) is 6.84. The fourth-order valence-electron chi connectivity index (χ4n) is 2.43. The van der Waals surface area contributed by atoms with Crippen LogP contribution in [0.5, 0.6) is 5.75 Å². The average Bonchev–Trinajstić information content (AvgIpc) is 2.78. The molecule has 0 radical (unpaired) electrons. The van der Waals surface area contributed by atoms with Crippen molar-refractivity contribution in [1.29, 1.82) is 0 Å². The molecule has 1 N–H and O–H groups in total. The maximum atomic E-state index is 6.21. The van der Waals surface area contributed by atoms with Crippen LogP contribution >= 0.6 is 34.5 Å². The first-order valence-corrected chi connectivity index (χ1v) is 8.41. The van der Waals surface area contributed by atoms with Crippen molar-refractivity contribution in [3.63, 3.8) is 0 Å². The van der Waals surface area contributed by atoms with E-state index in [9.17, 15) is 0 Å². The molecule has 1 aromatic heterocycles. The van der Waals surface area contributed by atoms with Gasteiger partial charge in [0.1, 0.15) is 5.75 Å². The maximum absolute atomic E-state index is 6.21. The molecule has 0 amide bonds. The Bertz CT molecular complexity index is 600. The lowest BCUT2D eigenvalue weighted by Gasteiger charge is -2.20. The Labute approximate surface area is 140 Å². The summed E-state index contributed by atoms with van der Waals surface area (Å²) in [4.78, 5) is 0. The summed E-state index contributed by atoms with van der Waals surface area (Å²) in [6.45, 7) is 4.26. The van der Waals surface area contributed by atoms with Crippen LogP contribution in [0.4, 0.5) is 0 Å². The first-order chi connectivity index (χ1) is 10.0. The number of rotatable bonds is 6. The smallest absolute Gasteiger partial charge is 0.122 e. The third-order valence-electron chi connectivity index (χ3n) is 3.40. The Kier molecular flexibility index (Phi) is 5.94. The van der Waals surface area contributed by atoms with Crippen LogP contribution in [0.3, 0.4) is 0 Å². The lowest BCUT2D eigenvalue weighted by atomic mass is 10.0. The molecule has 21 heavy (non-hydrogen) atoms. The predicted molar refractivity (Wildman–Crippen MR) is 92.0 cm³/mol. The monoisotopic (exact) mass is 343 g/mol. The molecule has 2 unspecified atom stereocenters. The third kappa shape index (κ3) is 4.36. The van der Waals surface area contributed by atoms with Gasteiger partial charge in [0, 0.05) is 12.1 Å². The lowest BCUT2D eigenvalue weighted by Crippen LogP contribution is -2.30. The molecule has 0 aliphatic heterocycles. The quantitative estimate of drug-likeness (QED) is 0.763. The van der Waals surface area contributed by atoms with Gasteiger partial charge in [-0.2, -0.15) is 0 Å². The molecule has 0 saturated heterocycles. The van der Waals surface area contributed by atoms with Crippen molar-refractivity contribution in [2.75, 3.05) is 7.11 Å². The summed E-state index contributed by atoms with van der Waals surface area (Å²) in [5.41, 5.74) is 2.25. The Morgan fingerprint density at radius 2 is 1.95 bits per heavy atom. The van der Waals surface area contributed by atoms with Gasteiger partial charge in [-0.3, -0.25) is 0 Å². The Morgan fingerprint density at radius 1 is 1.24 bits per heavy atom. The number of nitrogens with one attached hydrogen (secondary N) is 1. The second-order valence-electron chi connectivity index (χ2n) is 5.08. The minimum atomic E-state index is 0.158. The summed E-state index contributed by atoms with van der Waals surface area (Å²) in [7, 11) is 1.70. The molecular formula is C16H19Cl2NOS. The summed E-state index contributed by atoms with van der Waals surface area (Å²) in [6.07, 6.45) is 0.893. The van der Waals surface area contributed by atoms with Crippen LogP contribution in [0.1, 0.15) is 31.0 Å². The number of ether oxygens (including phenoxy) is 1. The van der Waals surface area contributed by atoms with E-state index in [1.165, 1.54) is 16.9 Å². The highest BCUT2D eigenvalue weighted by Gasteiger charge is 2.16. The zero-order chi connectivity index (χ0) is 15.4.